The van der Waals surface area contributed by atoms with Gasteiger partial charge in [-0.15, -0.1) is 0 Å². The maximum absolute atomic E-state index is 11.5. The first-order chi connectivity index (χ1) is 9.29. The molecule has 0 spiro atoms. The highest BCUT2D eigenvalue weighted by atomic mass is 16.5. The predicted octanol–water partition coefficient (Wildman–Crippen LogP) is 4.10. The van der Waals surface area contributed by atoms with Gasteiger partial charge >= 0.3 is 5.97 Å². The fraction of sp³-hybridized carbons (Fsp3) is 0.824. The molecule has 0 N–H and O–H groups in total. The summed E-state index contributed by atoms with van der Waals surface area (Å²) in [5.41, 5.74) is 0. The fourth-order valence-electron chi connectivity index (χ4n) is 5.10. The van der Waals surface area contributed by atoms with Crippen molar-refractivity contribution in [2.45, 2.75) is 63.9 Å². The van der Waals surface area contributed by atoms with Gasteiger partial charge in [0.2, 0.25) is 0 Å². The van der Waals surface area contributed by atoms with Crippen molar-refractivity contribution in [3.05, 3.63) is 12.7 Å². The van der Waals surface area contributed by atoms with Crippen LogP contribution in [-0.2, 0) is 9.53 Å². The van der Waals surface area contributed by atoms with Crippen molar-refractivity contribution in [1.29, 1.82) is 0 Å². The first kappa shape index (κ1) is 13.2. The minimum absolute atomic E-state index is 0.173. The van der Waals surface area contributed by atoms with E-state index in [0.29, 0.717) is 5.92 Å². The van der Waals surface area contributed by atoms with E-state index in [2.05, 4.69) is 6.58 Å². The maximum atomic E-state index is 11.5. The summed E-state index contributed by atoms with van der Waals surface area (Å²) in [4.78, 5) is 11.5. The molecule has 3 aliphatic carbocycles. The van der Waals surface area contributed by atoms with Crippen LogP contribution in [0.3, 0.4) is 0 Å². The van der Waals surface area contributed by atoms with E-state index in [9.17, 15) is 4.79 Å². The molecular formula is C17H26O2. The molecule has 5 atom stereocenters. The first-order valence-electron chi connectivity index (χ1n) is 8.12. The van der Waals surface area contributed by atoms with Crippen LogP contribution < -0.4 is 0 Å². The number of ether oxygens (including phenoxy) is 1. The molecule has 2 heteroatoms. The standard InChI is InChI=1S/C17H26O2/c1-2-17(18)19-16-9-5-8-14-13-7-4-3-6-12(13)10-11-15(14)16/h2,12-16H,1,3-11H2. The molecule has 0 aromatic rings. The minimum Gasteiger partial charge on any atom is -0.459 e. The Morgan fingerprint density at radius 2 is 1.68 bits per heavy atom. The second kappa shape index (κ2) is 5.68. The highest BCUT2D eigenvalue weighted by Gasteiger charge is 2.45. The number of carbonyl (C=O) groups is 1. The van der Waals surface area contributed by atoms with Crippen LogP contribution in [0.2, 0.25) is 0 Å². The van der Waals surface area contributed by atoms with Gasteiger partial charge in [-0.3, -0.25) is 0 Å². The molecule has 0 radical (unpaired) electrons. The lowest BCUT2D eigenvalue weighted by Crippen LogP contribution is -2.45. The lowest BCUT2D eigenvalue weighted by Gasteiger charge is -2.50. The third kappa shape index (κ3) is 2.59. The van der Waals surface area contributed by atoms with Gasteiger partial charge in [0.25, 0.3) is 0 Å². The van der Waals surface area contributed by atoms with E-state index in [0.717, 1.165) is 24.2 Å². The van der Waals surface area contributed by atoms with Gasteiger partial charge < -0.3 is 4.74 Å². The normalized spacial score (nSPS) is 41.8. The average molecular weight is 262 g/mol. The molecule has 0 bridgehead atoms. The molecule has 19 heavy (non-hydrogen) atoms. The van der Waals surface area contributed by atoms with Crippen LogP contribution in [0.5, 0.6) is 0 Å². The van der Waals surface area contributed by atoms with Crippen LogP contribution in [0, 0.1) is 23.7 Å². The third-order valence-corrected chi connectivity index (χ3v) is 5.88. The van der Waals surface area contributed by atoms with E-state index >= 15 is 0 Å². The van der Waals surface area contributed by atoms with Crippen molar-refractivity contribution in [2.75, 3.05) is 0 Å². The van der Waals surface area contributed by atoms with Crippen LogP contribution in [0.25, 0.3) is 0 Å². The fourth-order valence-corrected chi connectivity index (χ4v) is 5.10. The maximum Gasteiger partial charge on any atom is 0.330 e. The average Bonchev–Trinajstić information content (AvgIpc) is 2.47. The second-order valence-electron chi connectivity index (χ2n) is 6.72. The molecule has 3 aliphatic rings. The van der Waals surface area contributed by atoms with E-state index < -0.39 is 0 Å². The Labute approximate surface area is 116 Å². The van der Waals surface area contributed by atoms with Gasteiger partial charge in [0.15, 0.2) is 0 Å². The predicted molar refractivity (Wildman–Crippen MR) is 75.6 cm³/mol. The number of esters is 1. The quantitative estimate of drug-likeness (QED) is 0.553. The highest BCUT2D eigenvalue weighted by molar-refractivity contribution is 5.81. The lowest BCUT2D eigenvalue weighted by molar-refractivity contribution is -0.153. The molecule has 5 unspecified atom stereocenters. The molecule has 0 aromatic carbocycles. The van der Waals surface area contributed by atoms with Gasteiger partial charge in [0.1, 0.15) is 6.10 Å². The summed E-state index contributed by atoms with van der Waals surface area (Å²) < 4.78 is 5.63. The number of rotatable bonds is 2. The molecule has 3 rings (SSSR count). The van der Waals surface area contributed by atoms with Gasteiger partial charge in [-0.1, -0.05) is 25.8 Å². The molecule has 0 aromatic heterocycles. The summed E-state index contributed by atoms with van der Waals surface area (Å²) in [5.74, 6) is 3.14. The summed E-state index contributed by atoms with van der Waals surface area (Å²) in [6.45, 7) is 3.52. The Hall–Kier alpha value is -0.790. The Balaban J connectivity index is 1.71. The third-order valence-electron chi connectivity index (χ3n) is 5.88. The SMILES string of the molecule is C=CC(=O)OC1CCCC2C3CCCCC3CCC12. The van der Waals surface area contributed by atoms with Crippen LogP contribution in [0.1, 0.15) is 57.8 Å². The zero-order valence-electron chi connectivity index (χ0n) is 11.9. The topological polar surface area (TPSA) is 26.3 Å². The van der Waals surface area contributed by atoms with Crippen molar-refractivity contribution in [3.63, 3.8) is 0 Å². The molecule has 0 aliphatic heterocycles. The van der Waals surface area contributed by atoms with Crippen LogP contribution in [0.15, 0.2) is 12.7 Å². The smallest absolute Gasteiger partial charge is 0.330 e. The van der Waals surface area contributed by atoms with E-state index in [1.165, 1.54) is 57.4 Å². The van der Waals surface area contributed by atoms with Crippen molar-refractivity contribution in [3.8, 4) is 0 Å². The number of hydrogen-bond donors (Lipinski definition) is 0. The van der Waals surface area contributed by atoms with E-state index in [1.807, 2.05) is 0 Å². The Kier molecular flexibility index (Phi) is 3.95. The van der Waals surface area contributed by atoms with Crippen molar-refractivity contribution in [1.82, 2.24) is 0 Å². The molecular weight excluding hydrogens is 236 g/mol. The molecule has 2 nitrogen and oxygen atoms in total. The first-order valence-corrected chi connectivity index (χ1v) is 8.12. The molecule has 0 saturated heterocycles. The molecule has 106 valence electrons. The number of fused-ring (bicyclic) bond motifs is 3. The summed E-state index contributed by atoms with van der Waals surface area (Å²) in [6, 6.07) is 0. The van der Waals surface area contributed by atoms with Gasteiger partial charge in [-0.05, 0) is 62.2 Å². The van der Waals surface area contributed by atoms with Gasteiger partial charge in [0.05, 0.1) is 0 Å². The molecule has 0 heterocycles. The van der Waals surface area contributed by atoms with E-state index in [4.69, 9.17) is 4.74 Å². The lowest BCUT2D eigenvalue weighted by atomic mass is 9.57. The summed E-state index contributed by atoms with van der Waals surface area (Å²) in [7, 11) is 0. The molecule has 0 amide bonds. The van der Waals surface area contributed by atoms with Crippen LogP contribution >= 0.6 is 0 Å². The van der Waals surface area contributed by atoms with E-state index in [1.54, 1.807) is 0 Å². The monoisotopic (exact) mass is 262 g/mol. The van der Waals surface area contributed by atoms with Gasteiger partial charge in [0, 0.05) is 6.08 Å². The van der Waals surface area contributed by atoms with Crippen molar-refractivity contribution >= 4 is 5.97 Å². The van der Waals surface area contributed by atoms with Gasteiger partial charge in [-0.25, -0.2) is 4.79 Å². The second-order valence-corrected chi connectivity index (χ2v) is 6.72. The highest BCUT2D eigenvalue weighted by Crippen LogP contribution is 2.51. The Morgan fingerprint density at radius 3 is 2.53 bits per heavy atom. The molecule has 3 saturated carbocycles. The zero-order chi connectivity index (χ0) is 13.2. The Bertz CT molecular complexity index is 349. The number of hydrogen-bond acceptors (Lipinski definition) is 2. The number of carbonyl (C=O) groups excluding carboxylic acids is 1. The molecule has 3 fully saturated rings. The summed E-state index contributed by atoms with van der Waals surface area (Å²) >= 11 is 0. The Morgan fingerprint density at radius 1 is 0.895 bits per heavy atom. The van der Waals surface area contributed by atoms with Crippen molar-refractivity contribution in [2.24, 2.45) is 23.7 Å². The minimum atomic E-state index is -0.226. The zero-order valence-corrected chi connectivity index (χ0v) is 11.9. The van der Waals surface area contributed by atoms with Gasteiger partial charge in [-0.2, -0.15) is 0 Å². The van der Waals surface area contributed by atoms with Crippen molar-refractivity contribution < 1.29 is 9.53 Å². The van der Waals surface area contributed by atoms with Crippen LogP contribution in [0.4, 0.5) is 0 Å². The summed E-state index contributed by atoms with van der Waals surface area (Å²) in [6.07, 6.45) is 13.5. The van der Waals surface area contributed by atoms with E-state index in [-0.39, 0.29) is 12.1 Å². The largest absolute Gasteiger partial charge is 0.459 e. The van der Waals surface area contributed by atoms with Crippen LogP contribution in [-0.4, -0.2) is 12.1 Å². The summed E-state index contributed by atoms with van der Waals surface area (Å²) in [5, 5.41) is 0.